The number of piperazine rings is 2. The Labute approximate surface area is 212 Å². The summed E-state index contributed by atoms with van der Waals surface area (Å²) in [5.74, 6) is 0.174. The highest BCUT2D eigenvalue weighted by Gasteiger charge is 2.22. The molecule has 0 aliphatic carbocycles. The average molecular weight is 490 g/mol. The molecule has 2 aliphatic rings. The number of aryl methyl sites for hydroxylation is 1. The van der Waals surface area contributed by atoms with Crippen LogP contribution in [-0.4, -0.2) is 85.0 Å². The number of hydrogen-bond donors (Lipinski definition) is 0. The molecule has 5 rings (SSSR count). The minimum absolute atomic E-state index is 0.174. The molecule has 0 radical (unpaired) electrons. The predicted molar refractivity (Wildman–Crippen MR) is 144 cm³/mol. The minimum atomic E-state index is 0.174. The molecule has 0 spiro atoms. The Hall–Kier alpha value is -2.74. The van der Waals surface area contributed by atoms with Crippen LogP contribution >= 0.6 is 11.3 Å². The molecule has 3 aromatic rings. The zero-order chi connectivity index (χ0) is 24.2. The van der Waals surface area contributed by atoms with Crippen molar-refractivity contribution in [1.82, 2.24) is 19.7 Å². The van der Waals surface area contributed by atoms with E-state index in [1.54, 1.807) is 11.3 Å². The quantitative estimate of drug-likeness (QED) is 0.528. The Morgan fingerprint density at radius 3 is 2.40 bits per heavy atom. The van der Waals surface area contributed by atoms with Crippen LogP contribution in [0.15, 0.2) is 53.9 Å². The van der Waals surface area contributed by atoms with Crippen molar-refractivity contribution in [2.45, 2.75) is 19.9 Å². The van der Waals surface area contributed by atoms with Gasteiger partial charge in [0.25, 0.3) is 0 Å². The van der Waals surface area contributed by atoms with Gasteiger partial charge in [0.1, 0.15) is 5.01 Å². The molecule has 0 N–H and O–H groups in total. The van der Waals surface area contributed by atoms with E-state index in [1.807, 2.05) is 10.3 Å². The lowest BCUT2D eigenvalue weighted by Crippen LogP contribution is -2.49. The third kappa shape index (κ3) is 6.10. The summed E-state index contributed by atoms with van der Waals surface area (Å²) in [4.78, 5) is 27.0. The highest BCUT2D eigenvalue weighted by molar-refractivity contribution is 7.13. The van der Waals surface area contributed by atoms with Crippen molar-refractivity contribution in [2.24, 2.45) is 0 Å². The van der Waals surface area contributed by atoms with Gasteiger partial charge in [-0.05, 0) is 37.2 Å². The van der Waals surface area contributed by atoms with Crippen LogP contribution in [0.5, 0.6) is 0 Å². The lowest BCUT2D eigenvalue weighted by molar-refractivity contribution is -0.130. The highest BCUT2D eigenvalue weighted by atomic mass is 32.1. The Morgan fingerprint density at radius 2 is 1.69 bits per heavy atom. The summed E-state index contributed by atoms with van der Waals surface area (Å²) < 4.78 is 0. The fourth-order valence-corrected chi connectivity index (χ4v) is 5.67. The van der Waals surface area contributed by atoms with Gasteiger partial charge in [0.2, 0.25) is 5.91 Å². The van der Waals surface area contributed by atoms with E-state index in [2.05, 4.69) is 77.2 Å². The summed E-state index contributed by atoms with van der Waals surface area (Å²) in [7, 11) is 2.19. The van der Waals surface area contributed by atoms with Crippen molar-refractivity contribution in [3.63, 3.8) is 0 Å². The smallest absolute Gasteiger partial charge is 0.228 e. The van der Waals surface area contributed by atoms with Gasteiger partial charge in [0.15, 0.2) is 0 Å². The van der Waals surface area contributed by atoms with Crippen LogP contribution in [0.1, 0.15) is 16.8 Å². The zero-order valence-corrected chi connectivity index (χ0v) is 21.6. The highest BCUT2D eigenvalue weighted by Crippen LogP contribution is 2.25. The van der Waals surface area contributed by atoms with E-state index in [1.165, 1.54) is 16.8 Å². The molecule has 2 fully saturated rings. The molecule has 0 saturated carbocycles. The maximum Gasteiger partial charge on any atom is 0.228 e. The van der Waals surface area contributed by atoms with Crippen molar-refractivity contribution >= 4 is 22.9 Å². The van der Waals surface area contributed by atoms with E-state index in [0.717, 1.165) is 75.2 Å². The summed E-state index contributed by atoms with van der Waals surface area (Å²) in [5, 5.41) is 3.03. The van der Waals surface area contributed by atoms with Crippen LogP contribution in [0.4, 0.5) is 5.69 Å². The van der Waals surface area contributed by atoms with Crippen molar-refractivity contribution in [2.75, 3.05) is 64.3 Å². The molecular weight excluding hydrogens is 454 g/mol. The molecule has 7 heteroatoms. The Bertz CT molecular complexity index is 1130. The Balaban J connectivity index is 1.12. The first-order chi connectivity index (χ1) is 17.0. The van der Waals surface area contributed by atoms with Gasteiger partial charge in [0.05, 0.1) is 12.1 Å². The number of aromatic nitrogens is 1. The van der Waals surface area contributed by atoms with Gasteiger partial charge < -0.3 is 14.7 Å². The molecule has 6 nitrogen and oxygen atoms in total. The molecule has 1 aromatic heterocycles. The van der Waals surface area contributed by atoms with Crippen molar-refractivity contribution < 1.29 is 4.79 Å². The molecule has 0 unspecified atom stereocenters. The van der Waals surface area contributed by atoms with Crippen molar-refractivity contribution in [3.8, 4) is 10.6 Å². The van der Waals surface area contributed by atoms with Gasteiger partial charge >= 0.3 is 0 Å². The molecule has 0 bridgehead atoms. The fraction of sp³-hybridized carbons (Fsp3) is 0.429. The maximum atomic E-state index is 12.9. The fourth-order valence-electron chi connectivity index (χ4n) is 4.84. The van der Waals surface area contributed by atoms with E-state index < -0.39 is 0 Å². The largest absolute Gasteiger partial charge is 0.368 e. The number of hydrogen-bond acceptors (Lipinski definition) is 6. The van der Waals surface area contributed by atoms with Crippen LogP contribution in [-0.2, 0) is 17.8 Å². The molecule has 2 aromatic carbocycles. The average Bonchev–Trinajstić information content (AvgIpc) is 3.34. The standard InChI is InChI=1S/C28H35N5OS/c1-22-4-3-5-26(18-22)32-14-16-33(17-15-32)27(34)19-25-21-35-28(29-25)24-8-6-23(7-9-24)20-31-12-10-30(2)11-13-31/h3-9,18,21H,10-17,19-20H2,1-2H3. The summed E-state index contributed by atoms with van der Waals surface area (Å²) in [5.41, 5.74) is 5.86. The normalized spacial score (nSPS) is 17.7. The number of rotatable bonds is 6. The van der Waals surface area contributed by atoms with Gasteiger partial charge in [-0.15, -0.1) is 11.3 Å². The van der Waals surface area contributed by atoms with E-state index in [4.69, 9.17) is 4.98 Å². The van der Waals surface area contributed by atoms with E-state index in [-0.39, 0.29) is 5.91 Å². The van der Waals surface area contributed by atoms with E-state index >= 15 is 0 Å². The minimum Gasteiger partial charge on any atom is -0.368 e. The number of amides is 1. The summed E-state index contributed by atoms with van der Waals surface area (Å²) in [6, 6.07) is 17.4. The van der Waals surface area contributed by atoms with E-state index in [9.17, 15) is 4.79 Å². The second-order valence-corrected chi connectivity index (χ2v) is 10.7. The van der Waals surface area contributed by atoms with Crippen LogP contribution in [0.2, 0.25) is 0 Å². The van der Waals surface area contributed by atoms with Crippen LogP contribution in [0.3, 0.4) is 0 Å². The SMILES string of the molecule is Cc1cccc(N2CCN(C(=O)Cc3csc(-c4ccc(CN5CCN(C)CC5)cc4)n3)CC2)c1. The first-order valence-electron chi connectivity index (χ1n) is 12.6. The van der Waals surface area contributed by atoms with Gasteiger partial charge in [-0.25, -0.2) is 4.98 Å². The first kappa shape index (κ1) is 24.0. The second-order valence-electron chi connectivity index (χ2n) is 9.80. The number of thiazole rings is 1. The number of nitrogens with zero attached hydrogens (tertiary/aromatic N) is 5. The van der Waals surface area contributed by atoms with Gasteiger partial charge in [-0.2, -0.15) is 0 Å². The molecule has 2 aliphatic heterocycles. The van der Waals surface area contributed by atoms with Gasteiger partial charge in [-0.3, -0.25) is 9.69 Å². The third-order valence-electron chi connectivity index (χ3n) is 7.09. The molecule has 0 atom stereocenters. The van der Waals surface area contributed by atoms with E-state index in [0.29, 0.717) is 6.42 Å². The maximum absolute atomic E-state index is 12.9. The molecule has 3 heterocycles. The summed E-state index contributed by atoms with van der Waals surface area (Å²) in [6.45, 7) is 10.9. The lowest BCUT2D eigenvalue weighted by atomic mass is 10.1. The summed E-state index contributed by atoms with van der Waals surface area (Å²) in [6.07, 6.45) is 0.377. The predicted octanol–water partition coefficient (Wildman–Crippen LogP) is 3.76. The second kappa shape index (κ2) is 10.9. The molecule has 184 valence electrons. The third-order valence-corrected chi connectivity index (χ3v) is 8.03. The number of carbonyl (C=O) groups excluding carboxylic acids is 1. The lowest BCUT2D eigenvalue weighted by Gasteiger charge is -2.36. The number of carbonyl (C=O) groups is 1. The molecule has 2 saturated heterocycles. The number of benzene rings is 2. The Kier molecular flexibility index (Phi) is 7.46. The topological polar surface area (TPSA) is 42.9 Å². The molecule has 1 amide bonds. The number of likely N-dealkylation sites (N-methyl/N-ethyl adjacent to an activating group) is 1. The van der Waals surface area contributed by atoms with Crippen LogP contribution in [0, 0.1) is 6.92 Å². The monoisotopic (exact) mass is 489 g/mol. The molecule has 35 heavy (non-hydrogen) atoms. The number of anilines is 1. The Morgan fingerprint density at radius 1 is 0.943 bits per heavy atom. The van der Waals surface area contributed by atoms with Gasteiger partial charge in [0, 0.05) is 75.5 Å². The van der Waals surface area contributed by atoms with Gasteiger partial charge in [-0.1, -0.05) is 36.4 Å². The van der Waals surface area contributed by atoms with Crippen molar-refractivity contribution in [3.05, 3.63) is 70.7 Å². The van der Waals surface area contributed by atoms with Crippen molar-refractivity contribution in [1.29, 1.82) is 0 Å². The summed E-state index contributed by atoms with van der Waals surface area (Å²) >= 11 is 1.63. The first-order valence-corrected chi connectivity index (χ1v) is 13.5. The van der Waals surface area contributed by atoms with Crippen LogP contribution in [0.25, 0.3) is 10.6 Å². The zero-order valence-electron chi connectivity index (χ0n) is 20.8. The van der Waals surface area contributed by atoms with Crippen LogP contribution < -0.4 is 4.90 Å². The molecular formula is C28H35N5OS.